The van der Waals surface area contributed by atoms with Crippen molar-refractivity contribution in [2.75, 3.05) is 13.2 Å². The summed E-state index contributed by atoms with van der Waals surface area (Å²) in [7, 11) is 0. The van der Waals surface area contributed by atoms with Gasteiger partial charge in [0.15, 0.2) is 0 Å². The summed E-state index contributed by atoms with van der Waals surface area (Å²) in [6.45, 7) is 0.590. The Bertz CT molecular complexity index is 741. The van der Waals surface area contributed by atoms with Crippen molar-refractivity contribution in [3.05, 3.63) is 67.6 Å². The Hall–Kier alpha value is -1.32. The van der Waals surface area contributed by atoms with Crippen LogP contribution in [-0.4, -0.2) is 13.2 Å². The zero-order valence-electron chi connectivity index (χ0n) is 13.2. The maximum atomic E-state index is 6.08. The lowest BCUT2D eigenvalue weighted by Gasteiger charge is -2.01. The van der Waals surface area contributed by atoms with Crippen molar-refractivity contribution >= 4 is 46.4 Å². The maximum absolute atomic E-state index is 6.08. The highest BCUT2D eigenvalue weighted by molar-refractivity contribution is 6.36. The van der Waals surface area contributed by atoms with Gasteiger partial charge < -0.3 is 4.74 Å². The first kappa shape index (κ1) is 20.0. The third kappa shape index (κ3) is 6.48. The van der Waals surface area contributed by atoms with Crippen LogP contribution in [-0.2, 0) is 17.6 Å². The van der Waals surface area contributed by atoms with E-state index >= 15 is 0 Å². The summed E-state index contributed by atoms with van der Waals surface area (Å²) >= 11 is 24.3. The zero-order chi connectivity index (χ0) is 18.1. The predicted molar refractivity (Wildman–Crippen MR) is 107 cm³/mol. The van der Waals surface area contributed by atoms with Crippen molar-refractivity contribution in [1.29, 1.82) is 0 Å². The molecule has 0 N–H and O–H groups in total. The van der Waals surface area contributed by atoms with Crippen molar-refractivity contribution < 1.29 is 4.74 Å². The van der Waals surface area contributed by atoms with Crippen molar-refractivity contribution in [3.8, 4) is 23.7 Å². The molecule has 0 atom stereocenters. The molecule has 2 aromatic carbocycles. The minimum Gasteiger partial charge on any atom is -0.356 e. The zero-order valence-corrected chi connectivity index (χ0v) is 16.2. The number of hydrogen-bond donors (Lipinski definition) is 0. The van der Waals surface area contributed by atoms with E-state index in [4.69, 9.17) is 51.1 Å². The van der Waals surface area contributed by atoms with Gasteiger partial charge in [-0.15, -0.1) is 0 Å². The summed E-state index contributed by atoms with van der Waals surface area (Å²) in [4.78, 5) is 0. The summed E-state index contributed by atoms with van der Waals surface area (Å²) in [6.07, 6.45) is 0.969. The molecule has 2 aromatic rings. The minimum atomic E-state index is 0.295. The van der Waals surface area contributed by atoms with E-state index in [1.54, 1.807) is 36.4 Å². The topological polar surface area (TPSA) is 9.23 Å². The smallest absolute Gasteiger partial charge is 0.109 e. The molecule has 0 spiro atoms. The Balaban J connectivity index is 1.73. The molecule has 0 aliphatic rings. The van der Waals surface area contributed by atoms with Crippen LogP contribution in [0.3, 0.4) is 0 Å². The fourth-order valence-electron chi connectivity index (χ4n) is 1.96. The molecule has 0 aliphatic heterocycles. The van der Waals surface area contributed by atoms with Crippen molar-refractivity contribution in [3.63, 3.8) is 0 Å². The third-order valence-corrected chi connectivity index (χ3v) is 4.67. The van der Waals surface area contributed by atoms with Crippen LogP contribution in [0.5, 0.6) is 0 Å². The number of rotatable bonds is 4. The van der Waals surface area contributed by atoms with Gasteiger partial charge >= 0.3 is 0 Å². The van der Waals surface area contributed by atoms with Crippen molar-refractivity contribution in [2.24, 2.45) is 0 Å². The second-order valence-electron chi connectivity index (χ2n) is 4.95. The van der Waals surface area contributed by atoms with E-state index in [1.165, 1.54) is 0 Å². The molecule has 0 heterocycles. The SMILES string of the molecule is Clc1cccc(Cl)c1CC#CCOCC#CCc1c(Cl)cccc1Cl. The summed E-state index contributed by atoms with van der Waals surface area (Å²) in [5.41, 5.74) is 1.66. The average molecular weight is 412 g/mol. The second kappa shape index (κ2) is 10.6. The van der Waals surface area contributed by atoms with Gasteiger partial charge in [-0.05, 0) is 24.3 Å². The van der Waals surface area contributed by atoms with E-state index in [-0.39, 0.29) is 0 Å². The molecule has 1 nitrogen and oxygen atoms in total. The Kier molecular flexibility index (Phi) is 8.50. The summed E-state index contributed by atoms with van der Waals surface area (Å²) < 4.78 is 5.35. The van der Waals surface area contributed by atoms with Gasteiger partial charge in [-0.1, -0.05) is 82.2 Å². The molecule has 5 heteroatoms. The van der Waals surface area contributed by atoms with Gasteiger partial charge in [-0.2, -0.15) is 0 Å². The number of halogens is 4. The monoisotopic (exact) mass is 410 g/mol. The molecule has 0 aliphatic carbocycles. The molecule has 25 heavy (non-hydrogen) atoms. The molecule has 0 saturated heterocycles. The molecule has 128 valence electrons. The van der Waals surface area contributed by atoms with Crippen LogP contribution in [0.15, 0.2) is 36.4 Å². The van der Waals surface area contributed by atoms with Gasteiger partial charge in [0.1, 0.15) is 13.2 Å². The highest BCUT2D eigenvalue weighted by Gasteiger charge is 2.03. The minimum absolute atomic E-state index is 0.295. The molecule has 0 aromatic heterocycles. The second-order valence-corrected chi connectivity index (χ2v) is 6.58. The van der Waals surface area contributed by atoms with Crippen LogP contribution in [0.25, 0.3) is 0 Å². The van der Waals surface area contributed by atoms with Crippen LogP contribution in [0, 0.1) is 23.7 Å². The van der Waals surface area contributed by atoms with Gasteiger partial charge in [0, 0.05) is 44.1 Å². The quantitative estimate of drug-likeness (QED) is 0.435. The van der Waals surface area contributed by atoms with Crippen LogP contribution < -0.4 is 0 Å². The largest absolute Gasteiger partial charge is 0.356 e. The van der Waals surface area contributed by atoms with Gasteiger partial charge in [0.05, 0.1) is 0 Å². The first-order valence-corrected chi connectivity index (χ1v) is 8.95. The first-order chi connectivity index (χ1) is 12.1. The van der Waals surface area contributed by atoms with Crippen molar-refractivity contribution in [2.45, 2.75) is 12.8 Å². The van der Waals surface area contributed by atoms with Gasteiger partial charge in [0.25, 0.3) is 0 Å². The molecule has 0 saturated carbocycles. The molecular formula is C20H14Cl4O. The molecule has 0 bridgehead atoms. The number of benzene rings is 2. The van der Waals surface area contributed by atoms with E-state index in [9.17, 15) is 0 Å². The van der Waals surface area contributed by atoms with E-state index in [0.29, 0.717) is 46.1 Å². The molecule has 2 rings (SSSR count). The Morgan fingerprint density at radius 3 is 1.32 bits per heavy atom. The molecular weight excluding hydrogens is 398 g/mol. The Morgan fingerprint density at radius 2 is 0.960 bits per heavy atom. The standard InChI is InChI=1S/C20H14Cl4O/c21-17-9-5-10-18(22)15(17)7-1-3-13-25-14-4-2-8-16-19(23)11-6-12-20(16)24/h5-6,9-12H,7-8,13-14H2. The van der Waals surface area contributed by atoms with Gasteiger partial charge in [0.2, 0.25) is 0 Å². The van der Waals surface area contributed by atoms with Crippen molar-refractivity contribution in [1.82, 2.24) is 0 Å². The molecule has 0 fully saturated rings. The van der Waals surface area contributed by atoms with Gasteiger partial charge in [-0.25, -0.2) is 0 Å². The summed E-state index contributed by atoms with van der Waals surface area (Å²) in [6, 6.07) is 10.8. The molecule has 0 unspecified atom stereocenters. The maximum Gasteiger partial charge on any atom is 0.109 e. The highest BCUT2D eigenvalue weighted by Crippen LogP contribution is 2.25. The summed E-state index contributed by atoms with van der Waals surface area (Å²) in [5, 5.41) is 2.47. The third-order valence-electron chi connectivity index (χ3n) is 3.25. The first-order valence-electron chi connectivity index (χ1n) is 7.44. The Morgan fingerprint density at radius 1 is 0.600 bits per heavy atom. The van der Waals surface area contributed by atoms with Crippen LogP contribution >= 0.6 is 46.4 Å². The van der Waals surface area contributed by atoms with E-state index in [0.717, 1.165) is 11.1 Å². The van der Waals surface area contributed by atoms with E-state index < -0.39 is 0 Å². The fraction of sp³-hybridized carbons (Fsp3) is 0.200. The molecule has 0 radical (unpaired) electrons. The van der Waals surface area contributed by atoms with Crippen LogP contribution in [0.1, 0.15) is 11.1 Å². The Labute approximate surface area is 168 Å². The lowest BCUT2D eigenvalue weighted by atomic mass is 10.1. The average Bonchev–Trinajstić information content (AvgIpc) is 2.57. The van der Waals surface area contributed by atoms with Crippen LogP contribution in [0.4, 0.5) is 0 Å². The predicted octanol–water partition coefficient (Wildman–Crippen LogP) is 6.11. The highest BCUT2D eigenvalue weighted by atomic mass is 35.5. The van der Waals surface area contributed by atoms with E-state index in [2.05, 4.69) is 23.7 Å². The normalized spacial score (nSPS) is 9.76. The van der Waals surface area contributed by atoms with Crippen LogP contribution in [0.2, 0.25) is 20.1 Å². The lowest BCUT2D eigenvalue weighted by Crippen LogP contribution is -1.93. The number of hydrogen-bond acceptors (Lipinski definition) is 1. The van der Waals surface area contributed by atoms with E-state index in [1.807, 2.05) is 0 Å². The lowest BCUT2D eigenvalue weighted by molar-refractivity contribution is 0.204. The summed E-state index contributed by atoms with van der Waals surface area (Å²) in [5.74, 6) is 11.8. The fourth-order valence-corrected chi connectivity index (χ4v) is 3.02. The molecule has 0 amide bonds. The number of ether oxygens (including phenoxy) is 1. The van der Waals surface area contributed by atoms with Gasteiger partial charge in [-0.3, -0.25) is 0 Å².